The molecular formula is C12H12ClF2NO. The van der Waals surface area contributed by atoms with Crippen molar-refractivity contribution in [3.8, 4) is 0 Å². The van der Waals surface area contributed by atoms with E-state index in [2.05, 4.69) is 0 Å². The molecule has 1 heterocycles. The molecule has 1 aliphatic heterocycles. The zero-order valence-corrected chi connectivity index (χ0v) is 9.88. The first-order chi connectivity index (χ1) is 8.11. The molecule has 5 heteroatoms. The van der Waals surface area contributed by atoms with E-state index in [1.54, 1.807) is 4.90 Å². The zero-order valence-electron chi connectivity index (χ0n) is 9.13. The first-order valence-corrected chi connectivity index (χ1v) is 5.98. The minimum absolute atomic E-state index is 0.0319. The average molecular weight is 260 g/mol. The van der Waals surface area contributed by atoms with Crippen LogP contribution in [0.1, 0.15) is 23.2 Å². The van der Waals surface area contributed by atoms with Gasteiger partial charge in [0.1, 0.15) is 11.6 Å². The SMILES string of the molecule is O=C(c1cc(F)cc(F)c1)N1CCCC1CCl. The first-order valence-electron chi connectivity index (χ1n) is 5.45. The smallest absolute Gasteiger partial charge is 0.254 e. The lowest BCUT2D eigenvalue weighted by Crippen LogP contribution is -2.36. The summed E-state index contributed by atoms with van der Waals surface area (Å²) in [6, 6.07) is 2.82. The third-order valence-electron chi connectivity index (χ3n) is 2.93. The molecule has 1 atom stereocenters. The summed E-state index contributed by atoms with van der Waals surface area (Å²) >= 11 is 5.75. The molecule has 0 N–H and O–H groups in total. The lowest BCUT2D eigenvalue weighted by atomic mass is 10.1. The third kappa shape index (κ3) is 2.57. The summed E-state index contributed by atoms with van der Waals surface area (Å²) in [6.45, 7) is 0.592. The number of amides is 1. The average Bonchev–Trinajstić information content (AvgIpc) is 2.74. The number of carbonyl (C=O) groups is 1. The second-order valence-corrected chi connectivity index (χ2v) is 4.42. The van der Waals surface area contributed by atoms with Crippen LogP contribution in [0.4, 0.5) is 8.78 Å². The molecule has 0 aromatic heterocycles. The quantitative estimate of drug-likeness (QED) is 0.748. The largest absolute Gasteiger partial charge is 0.334 e. The summed E-state index contributed by atoms with van der Waals surface area (Å²) in [7, 11) is 0. The van der Waals surface area contributed by atoms with Crippen molar-refractivity contribution < 1.29 is 13.6 Å². The molecule has 1 fully saturated rings. The van der Waals surface area contributed by atoms with Gasteiger partial charge in [0.2, 0.25) is 0 Å². The van der Waals surface area contributed by atoms with Crippen molar-refractivity contribution >= 4 is 17.5 Å². The molecule has 2 nitrogen and oxygen atoms in total. The lowest BCUT2D eigenvalue weighted by Gasteiger charge is -2.22. The summed E-state index contributed by atoms with van der Waals surface area (Å²) in [5, 5.41) is 0. The van der Waals surface area contributed by atoms with Gasteiger partial charge in [0.05, 0.1) is 0 Å². The number of hydrogen-bond donors (Lipinski definition) is 0. The van der Waals surface area contributed by atoms with Gasteiger partial charge in [-0.2, -0.15) is 0 Å². The van der Waals surface area contributed by atoms with Crippen LogP contribution >= 0.6 is 11.6 Å². The molecule has 92 valence electrons. The van der Waals surface area contributed by atoms with Gasteiger partial charge in [0.15, 0.2) is 0 Å². The molecule has 1 saturated heterocycles. The molecular weight excluding hydrogens is 248 g/mol. The topological polar surface area (TPSA) is 20.3 Å². The monoisotopic (exact) mass is 259 g/mol. The predicted octanol–water partition coefficient (Wildman–Crippen LogP) is 2.81. The minimum Gasteiger partial charge on any atom is -0.334 e. The van der Waals surface area contributed by atoms with Crippen LogP contribution in [-0.2, 0) is 0 Å². The van der Waals surface area contributed by atoms with Gasteiger partial charge in [-0.15, -0.1) is 11.6 Å². The van der Waals surface area contributed by atoms with Crippen molar-refractivity contribution in [2.24, 2.45) is 0 Å². The first kappa shape index (κ1) is 12.3. The van der Waals surface area contributed by atoms with E-state index in [4.69, 9.17) is 11.6 Å². The number of rotatable bonds is 2. The molecule has 17 heavy (non-hydrogen) atoms. The highest BCUT2D eigenvalue weighted by atomic mass is 35.5. The molecule has 0 saturated carbocycles. The lowest BCUT2D eigenvalue weighted by molar-refractivity contribution is 0.0748. The Bertz CT molecular complexity index is 418. The van der Waals surface area contributed by atoms with Gasteiger partial charge in [-0.3, -0.25) is 4.79 Å². The Morgan fingerprint density at radius 2 is 2.00 bits per heavy atom. The molecule has 1 amide bonds. The van der Waals surface area contributed by atoms with Gasteiger partial charge in [-0.1, -0.05) is 0 Å². The van der Waals surface area contributed by atoms with E-state index in [1.165, 1.54) is 0 Å². The molecule has 0 bridgehead atoms. The van der Waals surface area contributed by atoms with E-state index in [0.717, 1.165) is 31.0 Å². The molecule has 1 aliphatic rings. The van der Waals surface area contributed by atoms with Crippen LogP contribution < -0.4 is 0 Å². The fourth-order valence-electron chi connectivity index (χ4n) is 2.11. The predicted molar refractivity (Wildman–Crippen MR) is 61.1 cm³/mol. The second kappa shape index (κ2) is 5.00. The second-order valence-electron chi connectivity index (χ2n) is 4.11. The van der Waals surface area contributed by atoms with Crippen LogP contribution in [0.25, 0.3) is 0 Å². The summed E-state index contributed by atoms with van der Waals surface area (Å²) < 4.78 is 26.0. The summed E-state index contributed by atoms with van der Waals surface area (Å²) in [5.41, 5.74) is 0.0412. The Labute approximate surface area is 103 Å². The maximum Gasteiger partial charge on any atom is 0.254 e. The van der Waals surface area contributed by atoms with Crippen molar-refractivity contribution in [2.45, 2.75) is 18.9 Å². The third-order valence-corrected chi connectivity index (χ3v) is 3.28. The molecule has 0 spiro atoms. The summed E-state index contributed by atoms with van der Waals surface area (Å²) in [6.07, 6.45) is 1.72. The van der Waals surface area contributed by atoms with Crippen LogP contribution in [0.15, 0.2) is 18.2 Å². The van der Waals surface area contributed by atoms with Crippen molar-refractivity contribution in [2.75, 3.05) is 12.4 Å². The van der Waals surface area contributed by atoms with E-state index >= 15 is 0 Å². The fourth-order valence-corrected chi connectivity index (χ4v) is 2.43. The molecule has 0 radical (unpaired) electrons. The number of benzene rings is 1. The number of nitrogens with zero attached hydrogens (tertiary/aromatic N) is 1. The highest BCUT2D eigenvalue weighted by molar-refractivity contribution is 6.18. The van der Waals surface area contributed by atoms with Gasteiger partial charge in [0, 0.05) is 30.1 Å². The van der Waals surface area contributed by atoms with Crippen LogP contribution in [0.3, 0.4) is 0 Å². The van der Waals surface area contributed by atoms with Crippen molar-refractivity contribution in [3.05, 3.63) is 35.4 Å². The zero-order chi connectivity index (χ0) is 12.4. The number of hydrogen-bond acceptors (Lipinski definition) is 1. The van der Waals surface area contributed by atoms with E-state index in [-0.39, 0.29) is 17.5 Å². The molecule has 2 rings (SSSR count). The van der Waals surface area contributed by atoms with Crippen molar-refractivity contribution in [1.82, 2.24) is 4.90 Å². The normalized spacial score (nSPS) is 19.7. The molecule has 1 aromatic carbocycles. The standard InChI is InChI=1S/C12H12ClF2NO/c13-7-11-2-1-3-16(11)12(17)8-4-9(14)6-10(15)5-8/h4-6,11H,1-3,7H2. The van der Waals surface area contributed by atoms with Crippen LogP contribution in [0.2, 0.25) is 0 Å². The van der Waals surface area contributed by atoms with Crippen molar-refractivity contribution in [1.29, 1.82) is 0 Å². The Morgan fingerprint density at radius 1 is 1.35 bits per heavy atom. The Kier molecular flexibility index (Phi) is 3.62. The summed E-state index contributed by atoms with van der Waals surface area (Å²) in [4.78, 5) is 13.6. The Balaban J connectivity index is 2.24. The van der Waals surface area contributed by atoms with Crippen LogP contribution in [0.5, 0.6) is 0 Å². The molecule has 0 aliphatic carbocycles. The van der Waals surface area contributed by atoms with E-state index in [0.29, 0.717) is 12.4 Å². The van der Waals surface area contributed by atoms with E-state index < -0.39 is 11.6 Å². The van der Waals surface area contributed by atoms with Crippen molar-refractivity contribution in [3.63, 3.8) is 0 Å². The van der Waals surface area contributed by atoms with Gasteiger partial charge in [-0.05, 0) is 25.0 Å². The Morgan fingerprint density at radius 3 is 2.59 bits per heavy atom. The van der Waals surface area contributed by atoms with E-state index in [9.17, 15) is 13.6 Å². The van der Waals surface area contributed by atoms with Gasteiger partial charge < -0.3 is 4.90 Å². The minimum atomic E-state index is -0.741. The maximum absolute atomic E-state index is 13.0. The number of halogens is 3. The number of likely N-dealkylation sites (tertiary alicyclic amines) is 1. The summed E-state index contributed by atoms with van der Waals surface area (Å²) in [5.74, 6) is -1.49. The van der Waals surface area contributed by atoms with Gasteiger partial charge in [-0.25, -0.2) is 8.78 Å². The number of carbonyl (C=O) groups excluding carboxylic acids is 1. The van der Waals surface area contributed by atoms with Gasteiger partial charge in [0.25, 0.3) is 5.91 Å². The van der Waals surface area contributed by atoms with Crippen LogP contribution in [-0.4, -0.2) is 29.3 Å². The highest BCUT2D eigenvalue weighted by Crippen LogP contribution is 2.21. The van der Waals surface area contributed by atoms with Crippen LogP contribution in [0, 0.1) is 11.6 Å². The van der Waals surface area contributed by atoms with E-state index in [1.807, 2.05) is 0 Å². The van der Waals surface area contributed by atoms with Gasteiger partial charge >= 0.3 is 0 Å². The fraction of sp³-hybridized carbons (Fsp3) is 0.417. The highest BCUT2D eigenvalue weighted by Gasteiger charge is 2.29. The molecule has 1 unspecified atom stereocenters. The number of alkyl halides is 1. The molecule has 1 aromatic rings. The maximum atomic E-state index is 13.0. The Hall–Kier alpha value is -1.16.